The zero-order valence-corrected chi connectivity index (χ0v) is 14.4. The number of nitrogens with one attached hydrogen (secondary N) is 1. The summed E-state index contributed by atoms with van der Waals surface area (Å²) in [4.78, 5) is 12.5. The van der Waals surface area contributed by atoms with E-state index in [0.717, 1.165) is 16.7 Å². The maximum atomic E-state index is 12.5. The monoisotopic (exact) mass is 337 g/mol. The Hall–Kier alpha value is -3.15. The number of anilines is 1. The Morgan fingerprint density at radius 2 is 2.00 bits per heavy atom. The van der Waals surface area contributed by atoms with Crippen LogP contribution in [0.25, 0.3) is 11.3 Å². The fourth-order valence-electron chi connectivity index (χ4n) is 2.51. The standard InChI is InChI=1S/C19H19N3O3/c1-4-24-15-7-5-6-14(11-15)19(23)20-18-17(21-25-22-18)16-10-12(2)8-9-13(16)3/h5-11H,4H2,1-3H3,(H,20,22,23). The number of aromatic nitrogens is 2. The van der Waals surface area contributed by atoms with Crippen molar-refractivity contribution in [2.45, 2.75) is 20.8 Å². The third-order valence-electron chi connectivity index (χ3n) is 3.78. The van der Waals surface area contributed by atoms with E-state index in [0.29, 0.717) is 29.4 Å². The van der Waals surface area contributed by atoms with Gasteiger partial charge in [-0.1, -0.05) is 23.8 Å². The molecule has 3 aromatic rings. The first kappa shape index (κ1) is 16.7. The highest BCUT2D eigenvalue weighted by Gasteiger charge is 2.18. The second-order valence-electron chi connectivity index (χ2n) is 5.69. The molecule has 0 aliphatic rings. The van der Waals surface area contributed by atoms with E-state index in [-0.39, 0.29) is 5.91 Å². The number of ether oxygens (including phenoxy) is 1. The Morgan fingerprint density at radius 1 is 1.16 bits per heavy atom. The van der Waals surface area contributed by atoms with Crippen molar-refractivity contribution >= 4 is 11.7 Å². The molecule has 0 unspecified atom stereocenters. The predicted molar refractivity (Wildman–Crippen MR) is 94.8 cm³/mol. The fraction of sp³-hybridized carbons (Fsp3) is 0.211. The molecule has 0 saturated heterocycles. The third-order valence-corrected chi connectivity index (χ3v) is 3.78. The highest BCUT2D eigenvalue weighted by molar-refractivity contribution is 6.05. The molecular weight excluding hydrogens is 318 g/mol. The summed E-state index contributed by atoms with van der Waals surface area (Å²) in [6, 6.07) is 13.0. The highest BCUT2D eigenvalue weighted by Crippen LogP contribution is 2.28. The second-order valence-corrected chi connectivity index (χ2v) is 5.69. The molecular formula is C19H19N3O3. The number of nitrogens with zero attached hydrogens (tertiary/aromatic N) is 2. The minimum absolute atomic E-state index is 0.292. The van der Waals surface area contributed by atoms with Gasteiger partial charge in [-0.05, 0) is 60.9 Å². The van der Waals surface area contributed by atoms with Crippen LogP contribution in [-0.4, -0.2) is 22.8 Å². The van der Waals surface area contributed by atoms with Crippen molar-refractivity contribution in [3.63, 3.8) is 0 Å². The Kier molecular flexibility index (Phi) is 4.79. The lowest BCUT2D eigenvalue weighted by molar-refractivity contribution is 0.102. The second kappa shape index (κ2) is 7.17. The molecule has 6 nitrogen and oxygen atoms in total. The van der Waals surface area contributed by atoms with Crippen LogP contribution in [-0.2, 0) is 0 Å². The summed E-state index contributed by atoms with van der Waals surface area (Å²) in [6.07, 6.45) is 0. The summed E-state index contributed by atoms with van der Waals surface area (Å²) in [6.45, 7) is 6.40. The number of benzene rings is 2. The zero-order chi connectivity index (χ0) is 17.8. The van der Waals surface area contributed by atoms with E-state index in [4.69, 9.17) is 9.37 Å². The molecule has 1 heterocycles. The van der Waals surface area contributed by atoms with E-state index in [1.807, 2.05) is 39.0 Å². The Morgan fingerprint density at radius 3 is 2.80 bits per heavy atom. The number of hydrogen-bond acceptors (Lipinski definition) is 5. The molecule has 0 bridgehead atoms. The third kappa shape index (κ3) is 3.68. The van der Waals surface area contributed by atoms with Gasteiger partial charge in [0.05, 0.1) is 6.61 Å². The summed E-state index contributed by atoms with van der Waals surface area (Å²) in [5, 5.41) is 10.6. The van der Waals surface area contributed by atoms with Crippen LogP contribution >= 0.6 is 0 Å². The molecule has 2 aromatic carbocycles. The molecule has 0 spiro atoms. The summed E-state index contributed by atoms with van der Waals surface area (Å²) in [7, 11) is 0. The van der Waals surface area contributed by atoms with E-state index >= 15 is 0 Å². The van der Waals surface area contributed by atoms with E-state index in [2.05, 4.69) is 15.6 Å². The number of amides is 1. The Balaban J connectivity index is 1.87. The smallest absolute Gasteiger partial charge is 0.257 e. The number of carbonyl (C=O) groups is 1. The SMILES string of the molecule is CCOc1cccc(C(=O)Nc2nonc2-c2cc(C)ccc2C)c1. The van der Waals surface area contributed by atoms with Crippen molar-refractivity contribution < 1.29 is 14.2 Å². The average molecular weight is 337 g/mol. The molecule has 1 amide bonds. The molecule has 0 saturated carbocycles. The van der Waals surface area contributed by atoms with Crippen LogP contribution in [0.4, 0.5) is 5.82 Å². The zero-order valence-electron chi connectivity index (χ0n) is 14.4. The van der Waals surface area contributed by atoms with Crippen molar-refractivity contribution in [3.8, 4) is 17.0 Å². The van der Waals surface area contributed by atoms with Crippen LogP contribution in [0, 0.1) is 13.8 Å². The average Bonchev–Trinajstić information content (AvgIpc) is 3.05. The Labute approximate surface area is 145 Å². The minimum Gasteiger partial charge on any atom is -0.494 e. The quantitative estimate of drug-likeness (QED) is 0.761. The first-order chi connectivity index (χ1) is 12.1. The van der Waals surface area contributed by atoms with Crippen molar-refractivity contribution in [1.29, 1.82) is 0 Å². The maximum Gasteiger partial charge on any atom is 0.257 e. The van der Waals surface area contributed by atoms with Gasteiger partial charge in [-0.15, -0.1) is 0 Å². The molecule has 1 aromatic heterocycles. The van der Waals surface area contributed by atoms with E-state index in [1.165, 1.54) is 0 Å². The van der Waals surface area contributed by atoms with Crippen LogP contribution < -0.4 is 10.1 Å². The largest absolute Gasteiger partial charge is 0.494 e. The fourth-order valence-corrected chi connectivity index (χ4v) is 2.51. The minimum atomic E-state index is -0.302. The van der Waals surface area contributed by atoms with Gasteiger partial charge in [0.2, 0.25) is 5.82 Å². The summed E-state index contributed by atoms with van der Waals surface area (Å²) in [5.74, 6) is 0.632. The summed E-state index contributed by atoms with van der Waals surface area (Å²) >= 11 is 0. The first-order valence-electron chi connectivity index (χ1n) is 8.03. The first-order valence-corrected chi connectivity index (χ1v) is 8.03. The van der Waals surface area contributed by atoms with Crippen molar-refractivity contribution in [3.05, 3.63) is 59.2 Å². The molecule has 0 aliphatic heterocycles. The van der Waals surface area contributed by atoms with Gasteiger partial charge in [-0.3, -0.25) is 4.79 Å². The molecule has 6 heteroatoms. The van der Waals surface area contributed by atoms with Gasteiger partial charge in [0.25, 0.3) is 5.91 Å². The molecule has 0 atom stereocenters. The number of rotatable bonds is 5. The van der Waals surface area contributed by atoms with Crippen LogP contribution in [0.5, 0.6) is 5.75 Å². The van der Waals surface area contributed by atoms with Gasteiger partial charge in [0.15, 0.2) is 5.69 Å². The van der Waals surface area contributed by atoms with Crippen LogP contribution in [0.2, 0.25) is 0 Å². The van der Waals surface area contributed by atoms with Gasteiger partial charge in [0.1, 0.15) is 5.75 Å². The maximum absolute atomic E-state index is 12.5. The van der Waals surface area contributed by atoms with Crippen LogP contribution in [0.1, 0.15) is 28.4 Å². The van der Waals surface area contributed by atoms with Gasteiger partial charge < -0.3 is 10.1 Å². The molecule has 1 N–H and O–H groups in total. The summed E-state index contributed by atoms with van der Waals surface area (Å²) in [5.41, 5.74) is 3.97. The van der Waals surface area contributed by atoms with Gasteiger partial charge in [-0.25, -0.2) is 4.63 Å². The van der Waals surface area contributed by atoms with E-state index in [9.17, 15) is 4.79 Å². The van der Waals surface area contributed by atoms with Crippen LogP contribution in [0.3, 0.4) is 0 Å². The molecule has 25 heavy (non-hydrogen) atoms. The lowest BCUT2D eigenvalue weighted by Crippen LogP contribution is -2.13. The number of hydrogen-bond donors (Lipinski definition) is 1. The molecule has 0 aliphatic carbocycles. The van der Waals surface area contributed by atoms with Crippen molar-refractivity contribution in [2.75, 3.05) is 11.9 Å². The van der Waals surface area contributed by atoms with E-state index in [1.54, 1.807) is 24.3 Å². The predicted octanol–water partition coefficient (Wildman–Crippen LogP) is 4.00. The highest BCUT2D eigenvalue weighted by atomic mass is 16.6. The van der Waals surface area contributed by atoms with E-state index < -0.39 is 0 Å². The van der Waals surface area contributed by atoms with Gasteiger partial charge in [0, 0.05) is 11.1 Å². The van der Waals surface area contributed by atoms with Crippen molar-refractivity contribution in [2.24, 2.45) is 0 Å². The van der Waals surface area contributed by atoms with Gasteiger partial charge >= 0.3 is 0 Å². The van der Waals surface area contributed by atoms with Gasteiger partial charge in [-0.2, -0.15) is 0 Å². The topological polar surface area (TPSA) is 77.2 Å². The summed E-state index contributed by atoms with van der Waals surface area (Å²) < 4.78 is 10.3. The number of carbonyl (C=O) groups excluding carboxylic acids is 1. The molecule has 128 valence electrons. The lowest BCUT2D eigenvalue weighted by atomic mass is 10.0. The normalized spacial score (nSPS) is 10.5. The molecule has 3 rings (SSSR count). The van der Waals surface area contributed by atoms with Crippen LogP contribution in [0.15, 0.2) is 47.1 Å². The lowest BCUT2D eigenvalue weighted by Gasteiger charge is -2.08. The molecule has 0 radical (unpaired) electrons. The van der Waals surface area contributed by atoms with Crippen molar-refractivity contribution in [1.82, 2.24) is 10.3 Å². The Bertz CT molecular complexity index is 902. The number of aryl methyl sites for hydroxylation is 2. The molecule has 0 fully saturated rings.